The van der Waals surface area contributed by atoms with Crippen LogP contribution in [0.15, 0.2) is 200 Å². The molecule has 1 aliphatic heterocycles. The number of nitrogens with zero attached hydrogens (tertiary/aromatic N) is 3. The highest BCUT2D eigenvalue weighted by atomic mass is 16.5. The van der Waals surface area contributed by atoms with Crippen molar-refractivity contribution in [2.75, 3.05) is 0 Å². The maximum Gasteiger partial charge on any atom is 0.164 e. The third-order valence-corrected chi connectivity index (χ3v) is 11.2. The highest BCUT2D eigenvalue weighted by Gasteiger charge is 2.51. The number of para-hydroxylation sites is 2. The lowest BCUT2D eigenvalue weighted by Crippen LogP contribution is -2.32. The first-order valence-electron chi connectivity index (χ1n) is 18.9. The first kappa shape index (κ1) is 32.0. The van der Waals surface area contributed by atoms with E-state index in [9.17, 15) is 0 Å². The van der Waals surface area contributed by atoms with Gasteiger partial charge in [0.15, 0.2) is 17.5 Å². The van der Waals surface area contributed by atoms with Gasteiger partial charge in [0.25, 0.3) is 0 Å². The zero-order valence-electron chi connectivity index (χ0n) is 30.3. The minimum absolute atomic E-state index is 0.533. The summed E-state index contributed by atoms with van der Waals surface area (Å²) in [5, 5.41) is 0. The molecule has 8 aromatic carbocycles. The molecule has 0 radical (unpaired) electrons. The van der Waals surface area contributed by atoms with Gasteiger partial charge in [-0.05, 0) is 62.7 Å². The average molecular weight is 716 g/mol. The van der Waals surface area contributed by atoms with Crippen LogP contribution in [0.2, 0.25) is 0 Å². The molecule has 0 saturated carbocycles. The van der Waals surface area contributed by atoms with Crippen LogP contribution in [-0.2, 0) is 5.41 Å². The largest absolute Gasteiger partial charge is 0.457 e. The molecule has 0 unspecified atom stereocenters. The lowest BCUT2D eigenvalue weighted by Gasteiger charge is -2.39. The number of aromatic nitrogens is 3. The van der Waals surface area contributed by atoms with Gasteiger partial charge in [-0.2, -0.15) is 0 Å². The topological polar surface area (TPSA) is 47.9 Å². The highest BCUT2D eigenvalue weighted by molar-refractivity contribution is 5.97. The molecule has 1 aliphatic carbocycles. The molecule has 0 fully saturated rings. The monoisotopic (exact) mass is 715 g/mol. The molecule has 0 saturated heterocycles. The summed E-state index contributed by atoms with van der Waals surface area (Å²) >= 11 is 0. The fraction of sp³-hybridized carbons (Fsp3) is 0.0192. The predicted molar refractivity (Wildman–Crippen MR) is 224 cm³/mol. The standard InChI is InChI=1S/C52H33N3O/c1-3-15-34(16-4-1)35-29-31-37(32-30-35)50-53-49(36-17-5-2-6-18-36)54-51(55-50)39-20-13-19-38(33-39)40-22-14-26-45-48(40)41-21-7-8-23-42(41)52(45)43-24-9-11-27-46(43)56-47-28-12-10-25-44(47)52/h1-33H. The van der Waals surface area contributed by atoms with Crippen LogP contribution in [0.5, 0.6) is 11.5 Å². The van der Waals surface area contributed by atoms with Crippen LogP contribution in [0.3, 0.4) is 0 Å². The van der Waals surface area contributed by atoms with Crippen molar-refractivity contribution in [3.63, 3.8) is 0 Å². The van der Waals surface area contributed by atoms with E-state index in [2.05, 4.69) is 164 Å². The second kappa shape index (κ2) is 12.9. The van der Waals surface area contributed by atoms with Crippen molar-refractivity contribution in [3.8, 4) is 79.0 Å². The molecule has 2 aliphatic rings. The Kier molecular flexibility index (Phi) is 7.36. The molecular formula is C52H33N3O. The Bertz CT molecular complexity index is 2890. The Morgan fingerprint density at radius 3 is 1.41 bits per heavy atom. The molecular weight excluding hydrogens is 683 g/mol. The summed E-state index contributed by atoms with van der Waals surface area (Å²) in [6.45, 7) is 0. The molecule has 11 rings (SSSR count). The summed E-state index contributed by atoms with van der Waals surface area (Å²) in [7, 11) is 0. The summed E-state index contributed by atoms with van der Waals surface area (Å²) in [5.41, 5.74) is 14.1. The van der Waals surface area contributed by atoms with Crippen molar-refractivity contribution in [1.82, 2.24) is 15.0 Å². The predicted octanol–water partition coefficient (Wildman–Crippen LogP) is 12.7. The van der Waals surface area contributed by atoms with Gasteiger partial charge < -0.3 is 4.74 Å². The molecule has 56 heavy (non-hydrogen) atoms. The second-order valence-electron chi connectivity index (χ2n) is 14.3. The number of ether oxygens (including phenoxy) is 1. The van der Waals surface area contributed by atoms with E-state index in [0.29, 0.717) is 17.5 Å². The first-order valence-corrected chi connectivity index (χ1v) is 18.9. The second-order valence-corrected chi connectivity index (χ2v) is 14.3. The van der Waals surface area contributed by atoms with Crippen molar-refractivity contribution in [2.24, 2.45) is 0 Å². The van der Waals surface area contributed by atoms with Gasteiger partial charge in [0.2, 0.25) is 0 Å². The summed E-state index contributed by atoms with van der Waals surface area (Å²) in [5.74, 6) is 3.66. The fourth-order valence-electron chi connectivity index (χ4n) is 8.76. The van der Waals surface area contributed by atoms with Crippen molar-refractivity contribution in [2.45, 2.75) is 5.41 Å². The zero-order chi connectivity index (χ0) is 37.1. The van der Waals surface area contributed by atoms with Crippen molar-refractivity contribution in [1.29, 1.82) is 0 Å². The van der Waals surface area contributed by atoms with Crippen LogP contribution in [0.25, 0.3) is 67.5 Å². The Hall–Kier alpha value is -7.43. The fourth-order valence-corrected chi connectivity index (χ4v) is 8.76. The first-order chi connectivity index (χ1) is 27.8. The summed E-state index contributed by atoms with van der Waals surface area (Å²) < 4.78 is 6.56. The maximum absolute atomic E-state index is 6.56. The minimum Gasteiger partial charge on any atom is -0.457 e. The molecule has 0 bridgehead atoms. The molecule has 0 atom stereocenters. The molecule has 2 heterocycles. The van der Waals surface area contributed by atoms with Gasteiger partial charge in [0.05, 0.1) is 5.41 Å². The molecule has 4 heteroatoms. The third kappa shape index (κ3) is 4.96. The van der Waals surface area contributed by atoms with Gasteiger partial charge >= 0.3 is 0 Å². The highest BCUT2D eigenvalue weighted by Crippen LogP contribution is 2.63. The molecule has 4 nitrogen and oxygen atoms in total. The Morgan fingerprint density at radius 1 is 0.304 bits per heavy atom. The molecule has 1 aromatic heterocycles. The number of benzene rings is 8. The third-order valence-electron chi connectivity index (χ3n) is 11.2. The maximum atomic E-state index is 6.56. The summed E-state index contributed by atoms with van der Waals surface area (Å²) in [4.78, 5) is 15.2. The van der Waals surface area contributed by atoms with Crippen LogP contribution >= 0.6 is 0 Å². The number of fused-ring (bicyclic) bond motifs is 9. The Labute approximate surface area is 325 Å². The van der Waals surface area contributed by atoms with E-state index in [1.54, 1.807) is 0 Å². The van der Waals surface area contributed by atoms with Gasteiger partial charge in [-0.25, -0.2) is 15.0 Å². The van der Waals surface area contributed by atoms with Gasteiger partial charge in [0, 0.05) is 27.8 Å². The quantitative estimate of drug-likeness (QED) is 0.178. The van der Waals surface area contributed by atoms with Crippen LogP contribution in [0, 0.1) is 0 Å². The Balaban J connectivity index is 1.08. The van der Waals surface area contributed by atoms with Gasteiger partial charge in [-0.1, -0.05) is 182 Å². The summed E-state index contributed by atoms with van der Waals surface area (Å²) in [6.07, 6.45) is 0. The molecule has 262 valence electrons. The number of rotatable bonds is 5. The van der Waals surface area contributed by atoms with E-state index in [0.717, 1.165) is 56.0 Å². The molecule has 9 aromatic rings. The van der Waals surface area contributed by atoms with Crippen LogP contribution < -0.4 is 4.74 Å². The van der Waals surface area contributed by atoms with E-state index in [1.807, 2.05) is 36.4 Å². The normalized spacial score (nSPS) is 12.9. The van der Waals surface area contributed by atoms with Crippen molar-refractivity contribution >= 4 is 0 Å². The van der Waals surface area contributed by atoms with E-state index < -0.39 is 5.41 Å². The van der Waals surface area contributed by atoms with E-state index in [4.69, 9.17) is 19.7 Å². The zero-order valence-corrected chi connectivity index (χ0v) is 30.3. The van der Waals surface area contributed by atoms with Crippen molar-refractivity contribution in [3.05, 3.63) is 222 Å². The van der Waals surface area contributed by atoms with E-state index in [1.165, 1.54) is 27.8 Å². The average Bonchev–Trinajstić information content (AvgIpc) is 3.58. The molecule has 0 amide bonds. The Morgan fingerprint density at radius 2 is 0.732 bits per heavy atom. The SMILES string of the molecule is c1ccc(-c2ccc(-c3nc(-c4ccccc4)nc(-c4cccc(-c5cccc6c5-c5ccccc5C65c6ccccc6Oc6ccccc65)c4)n3)cc2)cc1. The molecule has 0 N–H and O–H groups in total. The van der Waals surface area contributed by atoms with E-state index >= 15 is 0 Å². The molecule has 1 spiro atoms. The van der Waals surface area contributed by atoms with E-state index in [-0.39, 0.29) is 0 Å². The van der Waals surface area contributed by atoms with Gasteiger partial charge in [0.1, 0.15) is 11.5 Å². The van der Waals surface area contributed by atoms with Gasteiger partial charge in [-0.15, -0.1) is 0 Å². The smallest absolute Gasteiger partial charge is 0.164 e. The lowest BCUT2D eigenvalue weighted by atomic mass is 9.66. The van der Waals surface area contributed by atoms with Crippen LogP contribution in [-0.4, -0.2) is 15.0 Å². The number of hydrogen-bond acceptors (Lipinski definition) is 4. The van der Waals surface area contributed by atoms with Gasteiger partial charge in [-0.3, -0.25) is 0 Å². The summed E-state index contributed by atoms with van der Waals surface area (Å²) in [6, 6.07) is 70.2. The van der Waals surface area contributed by atoms with Crippen molar-refractivity contribution < 1.29 is 4.74 Å². The van der Waals surface area contributed by atoms with Crippen LogP contribution in [0.1, 0.15) is 22.3 Å². The van der Waals surface area contributed by atoms with Crippen LogP contribution in [0.4, 0.5) is 0 Å². The minimum atomic E-state index is -0.533. The number of hydrogen-bond donors (Lipinski definition) is 0. The lowest BCUT2D eigenvalue weighted by molar-refractivity contribution is 0.436.